The first-order valence-corrected chi connectivity index (χ1v) is 13.2. The Morgan fingerprint density at radius 3 is 2.45 bits per heavy atom. The van der Waals surface area contributed by atoms with Gasteiger partial charge in [0.25, 0.3) is 0 Å². The minimum Gasteiger partial charge on any atom is -0.392 e. The summed E-state index contributed by atoms with van der Waals surface area (Å²) >= 11 is 1.82. The molecular weight excluding hydrogens is 430 g/mol. The maximum absolute atomic E-state index is 11.9. The van der Waals surface area contributed by atoms with Gasteiger partial charge in [0.15, 0.2) is 6.29 Å². The first kappa shape index (κ1) is 27.3. The number of rotatable bonds is 13. The third-order valence-electron chi connectivity index (χ3n) is 6.84. The van der Waals surface area contributed by atoms with Gasteiger partial charge in [0, 0.05) is 47.9 Å². The van der Waals surface area contributed by atoms with Gasteiger partial charge in [-0.3, -0.25) is 9.59 Å². The Morgan fingerprint density at radius 1 is 1.18 bits per heavy atom. The van der Waals surface area contributed by atoms with E-state index < -0.39 is 0 Å². The van der Waals surface area contributed by atoms with Crippen LogP contribution in [0.1, 0.15) is 80.1 Å². The van der Waals surface area contributed by atoms with E-state index in [1.54, 1.807) is 0 Å². The fraction of sp³-hybridized carbons (Fsp3) is 0.630. The molecule has 1 aliphatic rings. The van der Waals surface area contributed by atoms with E-state index in [9.17, 15) is 9.59 Å². The van der Waals surface area contributed by atoms with Gasteiger partial charge < -0.3 is 15.1 Å². The molecule has 1 aromatic heterocycles. The van der Waals surface area contributed by atoms with Gasteiger partial charge in [-0.05, 0) is 84.2 Å². The second-order valence-corrected chi connectivity index (χ2v) is 10.4. The van der Waals surface area contributed by atoms with Gasteiger partial charge in [-0.2, -0.15) is 0 Å². The molecule has 0 bridgehead atoms. The lowest BCUT2D eigenvalue weighted by molar-refractivity contribution is -0.105. The molecule has 33 heavy (non-hydrogen) atoms. The number of aryl methyl sites for hydroxylation is 1. The fourth-order valence-electron chi connectivity index (χ4n) is 4.77. The quantitative estimate of drug-likeness (QED) is 0.232. The lowest BCUT2D eigenvalue weighted by atomic mass is 9.94. The highest BCUT2D eigenvalue weighted by molar-refractivity contribution is 7.16. The topological polar surface area (TPSA) is 52.6 Å². The Kier molecular flexibility index (Phi) is 11.3. The highest BCUT2D eigenvalue weighted by Crippen LogP contribution is 2.38. The van der Waals surface area contributed by atoms with Crippen LogP contribution in [0.3, 0.4) is 0 Å². The molecule has 0 atom stereocenters. The van der Waals surface area contributed by atoms with Crippen LogP contribution in [0.25, 0.3) is 0 Å². The van der Waals surface area contributed by atoms with Crippen LogP contribution < -0.4 is 10.2 Å². The van der Waals surface area contributed by atoms with Crippen LogP contribution in [0, 0.1) is 6.92 Å². The van der Waals surface area contributed by atoms with Crippen LogP contribution in [0.4, 0.5) is 5.00 Å². The van der Waals surface area contributed by atoms with E-state index in [0.29, 0.717) is 12.6 Å². The van der Waals surface area contributed by atoms with Gasteiger partial charge in [-0.15, -0.1) is 11.3 Å². The second kappa shape index (κ2) is 13.7. The number of thiophene rings is 1. The van der Waals surface area contributed by atoms with Crippen molar-refractivity contribution in [3.05, 3.63) is 38.9 Å². The smallest absolute Gasteiger partial charge is 0.151 e. The molecule has 184 valence electrons. The maximum atomic E-state index is 11.9. The van der Waals surface area contributed by atoms with Gasteiger partial charge >= 0.3 is 0 Å². The Hall–Kier alpha value is -1.92. The SMILES string of the molecule is CCN(c1sc(CCCN(C)C/C(C=O)=C(C)/C=C(/C)NC)c(C=O)c1C)C1CCCCC1. The molecule has 0 unspecified atom stereocenters. The third-order valence-corrected chi connectivity index (χ3v) is 8.24. The molecule has 1 N–H and O–H groups in total. The zero-order valence-corrected chi connectivity index (χ0v) is 22.3. The first-order valence-electron chi connectivity index (χ1n) is 12.4. The van der Waals surface area contributed by atoms with E-state index in [0.717, 1.165) is 66.5 Å². The van der Waals surface area contributed by atoms with Crippen LogP contribution in [-0.4, -0.2) is 57.2 Å². The molecule has 6 heteroatoms. The molecule has 1 aliphatic carbocycles. The van der Waals surface area contributed by atoms with E-state index in [1.807, 2.05) is 38.3 Å². The lowest BCUT2D eigenvalue weighted by Crippen LogP contribution is -2.36. The van der Waals surface area contributed by atoms with Crippen molar-refractivity contribution < 1.29 is 9.59 Å². The summed E-state index contributed by atoms with van der Waals surface area (Å²) in [5.74, 6) is 0. The second-order valence-electron chi connectivity index (χ2n) is 9.31. The summed E-state index contributed by atoms with van der Waals surface area (Å²) in [6.45, 7) is 10.8. The molecule has 5 nitrogen and oxygen atoms in total. The Balaban J connectivity index is 2.04. The molecule has 0 aromatic carbocycles. The molecule has 2 rings (SSSR count). The molecule has 0 radical (unpaired) electrons. The minimum atomic E-state index is 0.608. The average molecular weight is 474 g/mol. The first-order chi connectivity index (χ1) is 15.9. The minimum absolute atomic E-state index is 0.608. The third kappa shape index (κ3) is 7.54. The molecule has 1 heterocycles. The molecule has 0 aliphatic heterocycles. The highest BCUT2D eigenvalue weighted by Gasteiger charge is 2.25. The lowest BCUT2D eigenvalue weighted by Gasteiger charge is -2.35. The zero-order chi connectivity index (χ0) is 24.4. The van der Waals surface area contributed by atoms with Crippen LogP contribution in [-0.2, 0) is 11.2 Å². The van der Waals surface area contributed by atoms with Crippen LogP contribution in [0.5, 0.6) is 0 Å². The fourth-order valence-corrected chi connectivity index (χ4v) is 6.22. The summed E-state index contributed by atoms with van der Waals surface area (Å²) in [7, 11) is 3.94. The van der Waals surface area contributed by atoms with E-state index in [-0.39, 0.29) is 0 Å². The summed E-state index contributed by atoms with van der Waals surface area (Å²) in [5.41, 5.74) is 4.88. The number of nitrogens with one attached hydrogen (secondary N) is 1. The van der Waals surface area contributed by atoms with Crippen molar-refractivity contribution in [3.63, 3.8) is 0 Å². The van der Waals surface area contributed by atoms with Crippen molar-refractivity contribution >= 4 is 28.9 Å². The molecule has 1 fully saturated rings. The van der Waals surface area contributed by atoms with Crippen molar-refractivity contribution in [1.82, 2.24) is 10.2 Å². The normalized spacial score (nSPS) is 16.0. The summed E-state index contributed by atoms with van der Waals surface area (Å²) in [6.07, 6.45) is 12.4. The van der Waals surface area contributed by atoms with Crippen LogP contribution in [0.15, 0.2) is 22.9 Å². The van der Waals surface area contributed by atoms with E-state index in [1.165, 1.54) is 42.0 Å². The molecule has 1 aromatic rings. The van der Waals surface area contributed by atoms with Crippen LogP contribution in [0.2, 0.25) is 0 Å². The van der Waals surface area contributed by atoms with Crippen molar-refractivity contribution in [1.29, 1.82) is 0 Å². The zero-order valence-electron chi connectivity index (χ0n) is 21.5. The predicted octanol–water partition coefficient (Wildman–Crippen LogP) is 5.53. The predicted molar refractivity (Wildman–Crippen MR) is 142 cm³/mol. The van der Waals surface area contributed by atoms with Crippen molar-refractivity contribution in [2.45, 2.75) is 78.7 Å². The van der Waals surface area contributed by atoms with E-state index in [4.69, 9.17) is 0 Å². The number of hydrogen-bond acceptors (Lipinski definition) is 6. The van der Waals surface area contributed by atoms with Crippen molar-refractivity contribution in [2.75, 3.05) is 38.6 Å². The average Bonchev–Trinajstić information content (AvgIpc) is 3.13. The Labute approximate surface area is 204 Å². The summed E-state index contributed by atoms with van der Waals surface area (Å²) in [5, 5.41) is 4.39. The summed E-state index contributed by atoms with van der Waals surface area (Å²) in [4.78, 5) is 29.5. The van der Waals surface area contributed by atoms with Gasteiger partial charge in [0.05, 0.1) is 5.00 Å². The number of likely N-dealkylation sites (N-methyl/N-ethyl adjacent to an activating group) is 1. The molecule has 0 saturated heterocycles. The molecule has 0 spiro atoms. The molecule has 1 saturated carbocycles. The number of nitrogens with zero attached hydrogens (tertiary/aromatic N) is 2. The number of anilines is 1. The van der Waals surface area contributed by atoms with Gasteiger partial charge in [-0.1, -0.05) is 19.3 Å². The van der Waals surface area contributed by atoms with Crippen LogP contribution >= 0.6 is 11.3 Å². The Bertz CT molecular complexity index is 850. The van der Waals surface area contributed by atoms with Crippen molar-refractivity contribution in [3.8, 4) is 0 Å². The van der Waals surface area contributed by atoms with E-state index in [2.05, 4.69) is 36.0 Å². The number of hydrogen-bond donors (Lipinski definition) is 1. The van der Waals surface area contributed by atoms with E-state index >= 15 is 0 Å². The monoisotopic (exact) mass is 473 g/mol. The molecular formula is C27H43N3O2S. The number of aldehydes is 2. The highest BCUT2D eigenvalue weighted by atomic mass is 32.1. The number of allylic oxidation sites excluding steroid dienone is 3. The number of carbonyl (C=O) groups is 2. The largest absolute Gasteiger partial charge is 0.392 e. The molecule has 0 amide bonds. The van der Waals surface area contributed by atoms with Gasteiger partial charge in [0.1, 0.15) is 6.29 Å². The number of carbonyl (C=O) groups excluding carboxylic acids is 2. The standard InChI is InChI=1S/C27H43N3O2S/c1-7-30(24-12-9-8-10-13-24)27-22(4)25(19-32)26(33-27)14-11-15-29(6)17-23(18-31)20(2)16-21(3)28-5/h16,18-19,24,28H,7-15,17H2,1-6H3/b21-16-,23-20-. The van der Waals surface area contributed by atoms with Gasteiger partial charge in [-0.25, -0.2) is 0 Å². The van der Waals surface area contributed by atoms with Crippen molar-refractivity contribution in [2.24, 2.45) is 0 Å². The maximum Gasteiger partial charge on any atom is 0.151 e. The Morgan fingerprint density at radius 2 is 1.88 bits per heavy atom. The summed E-state index contributed by atoms with van der Waals surface area (Å²) < 4.78 is 0. The summed E-state index contributed by atoms with van der Waals surface area (Å²) in [6, 6.07) is 0.608. The van der Waals surface area contributed by atoms with Gasteiger partial charge in [0.2, 0.25) is 0 Å².